The molecule has 172 valence electrons. The second-order valence-electron chi connectivity index (χ2n) is 7.80. The Morgan fingerprint density at radius 3 is 2.83 bits per heavy atom. The number of methoxy groups -OCH3 is 1. The standard InChI is InChI=1S/C24H18N8O2S/c1-14-19-12-21(35-24(19)31(28-14)17-6-4-3-5-7-17)23(33)27-25-13-16-10-15-8-9-18(34-2)11-20(15)32-22(16)26-29-30-32/h3-13H,1-2H3,(H,27,33)/b25-13+. The number of aryl methyl sites for hydroxylation is 1. The topological polar surface area (TPSA) is 112 Å². The fraction of sp³-hybridized carbons (Fsp3) is 0.0833. The van der Waals surface area contributed by atoms with Gasteiger partial charge in [0.2, 0.25) is 0 Å². The average molecular weight is 483 g/mol. The van der Waals surface area contributed by atoms with E-state index in [1.165, 1.54) is 17.6 Å². The van der Waals surface area contributed by atoms with Crippen molar-refractivity contribution in [2.75, 3.05) is 7.11 Å². The molecule has 0 aliphatic carbocycles. The van der Waals surface area contributed by atoms with Crippen molar-refractivity contribution in [2.45, 2.75) is 6.92 Å². The number of carbonyl (C=O) groups is 1. The second kappa shape index (κ2) is 8.29. The zero-order valence-corrected chi connectivity index (χ0v) is 19.5. The first-order valence-corrected chi connectivity index (χ1v) is 11.5. The second-order valence-corrected chi connectivity index (χ2v) is 8.83. The number of ether oxygens (including phenoxy) is 1. The number of para-hydroxylation sites is 1. The normalized spacial score (nSPS) is 11.7. The molecule has 0 radical (unpaired) electrons. The quantitative estimate of drug-likeness (QED) is 0.296. The Balaban J connectivity index is 1.29. The van der Waals surface area contributed by atoms with Crippen LogP contribution in [0.2, 0.25) is 0 Å². The van der Waals surface area contributed by atoms with Gasteiger partial charge in [0.15, 0.2) is 5.65 Å². The molecule has 6 rings (SSSR count). The molecule has 11 heteroatoms. The SMILES string of the molecule is COc1ccc2cc(/C=N/NC(=O)c3cc4c(C)nn(-c5ccccc5)c4s3)c3nnnn3c2c1. The van der Waals surface area contributed by atoms with Crippen LogP contribution in [0.5, 0.6) is 5.75 Å². The van der Waals surface area contributed by atoms with Crippen molar-refractivity contribution in [3.05, 3.63) is 76.8 Å². The van der Waals surface area contributed by atoms with Gasteiger partial charge in [0.05, 0.1) is 35.1 Å². The van der Waals surface area contributed by atoms with Crippen molar-refractivity contribution in [3.63, 3.8) is 0 Å². The van der Waals surface area contributed by atoms with Gasteiger partial charge in [0.1, 0.15) is 10.6 Å². The monoisotopic (exact) mass is 482 g/mol. The molecule has 10 nitrogen and oxygen atoms in total. The third kappa shape index (κ3) is 3.58. The molecule has 0 saturated heterocycles. The number of benzene rings is 2. The maximum Gasteiger partial charge on any atom is 0.281 e. The fourth-order valence-electron chi connectivity index (χ4n) is 3.93. The summed E-state index contributed by atoms with van der Waals surface area (Å²) in [6, 6.07) is 19.2. The summed E-state index contributed by atoms with van der Waals surface area (Å²) < 4.78 is 8.78. The Kier molecular flexibility index (Phi) is 4.96. The number of nitrogens with one attached hydrogen (secondary N) is 1. The molecular weight excluding hydrogens is 464 g/mol. The predicted molar refractivity (Wildman–Crippen MR) is 134 cm³/mol. The van der Waals surface area contributed by atoms with Gasteiger partial charge in [-0.05, 0) is 53.7 Å². The van der Waals surface area contributed by atoms with Gasteiger partial charge in [-0.3, -0.25) is 4.79 Å². The Morgan fingerprint density at radius 1 is 1.14 bits per heavy atom. The van der Waals surface area contributed by atoms with E-state index in [4.69, 9.17) is 4.74 Å². The van der Waals surface area contributed by atoms with Gasteiger partial charge in [-0.1, -0.05) is 18.2 Å². The van der Waals surface area contributed by atoms with Gasteiger partial charge >= 0.3 is 0 Å². The Morgan fingerprint density at radius 2 is 2.00 bits per heavy atom. The molecule has 1 amide bonds. The van der Waals surface area contributed by atoms with E-state index in [2.05, 4.69) is 31.2 Å². The van der Waals surface area contributed by atoms with E-state index in [9.17, 15) is 4.79 Å². The highest BCUT2D eigenvalue weighted by atomic mass is 32.1. The minimum atomic E-state index is -0.303. The Labute approximate surface area is 202 Å². The number of aromatic nitrogens is 6. The van der Waals surface area contributed by atoms with E-state index in [0.29, 0.717) is 21.8 Å². The summed E-state index contributed by atoms with van der Waals surface area (Å²) >= 11 is 1.37. The third-order valence-electron chi connectivity index (χ3n) is 5.64. The number of hydrogen-bond donors (Lipinski definition) is 1. The highest BCUT2D eigenvalue weighted by molar-refractivity contribution is 7.20. The molecule has 0 aliphatic rings. The molecule has 4 heterocycles. The summed E-state index contributed by atoms with van der Waals surface area (Å²) in [4.78, 5) is 14.3. The zero-order chi connectivity index (χ0) is 23.9. The van der Waals surface area contributed by atoms with Crippen LogP contribution in [-0.4, -0.2) is 49.1 Å². The number of tetrazole rings is 1. The van der Waals surface area contributed by atoms with E-state index in [1.807, 2.05) is 72.3 Å². The Hall–Kier alpha value is -4.64. The zero-order valence-electron chi connectivity index (χ0n) is 18.7. The van der Waals surface area contributed by atoms with Crippen molar-refractivity contribution >= 4 is 50.2 Å². The molecule has 6 aromatic rings. The lowest BCUT2D eigenvalue weighted by atomic mass is 10.1. The van der Waals surface area contributed by atoms with E-state index in [0.717, 1.165) is 32.5 Å². The summed E-state index contributed by atoms with van der Waals surface area (Å²) in [5.41, 5.74) is 6.40. The Bertz CT molecular complexity index is 1750. The highest BCUT2D eigenvalue weighted by Crippen LogP contribution is 2.30. The van der Waals surface area contributed by atoms with E-state index in [-0.39, 0.29) is 5.91 Å². The van der Waals surface area contributed by atoms with Gasteiger partial charge in [-0.15, -0.1) is 16.4 Å². The number of amides is 1. The molecule has 0 unspecified atom stereocenters. The third-order valence-corrected chi connectivity index (χ3v) is 6.75. The van der Waals surface area contributed by atoms with Gasteiger partial charge in [-0.2, -0.15) is 14.7 Å². The van der Waals surface area contributed by atoms with E-state index >= 15 is 0 Å². The predicted octanol–water partition coefficient (Wildman–Crippen LogP) is 3.76. The summed E-state index contributed by atoms with van der Waals surface area (Å²) in [6.45, 7) is 1.93. The summed E-state index contributed by atoms with van der Waals surface area (Å²) in [5.74, 6) is 0.402. The first-order valence-electron chi connectivity index (χ1n) is 10.7. The number of fused-ring (bicyclic) bond motifs is 4. The summed E-state index contributed by atoms with van der Waals surface area (Å²) in [5, 5.41) is 22.6. The average Bonchev–Trinajstić information content (AvgIpc) is 3.61. The van der Waals surface area contributed by atoms with E-state index in [1.54, 1.807) is 11.6 Å². The van der Waals surface area contributed by atoms with E-state index < -0.39 is 0 Å². The largest absolute Gasteiger partial charge is 0.497 e. The van der Waals surface area contributed by atoms with Crippen LogP contribution in [-0.2, 0) is 0 Å². The van der Waals surface area contributed by atoms with Crippen LogP contribution in [0.4, 0.5) is 0 Å². The smallest absolute Gasteiger partial charge is 0.281 e. The maximum absolute atomic E-state index is 12.9. The van der Waals surface area contributed by atoms with Crippen LogP contribution in [0.1, 0.15) is 20.9 Å². The van der Waals surface area contributed by atoms with Crippen LogP contribution in [0.15, 0.2) is 65.8 Å². The molecule has 4 aromatic heterocycles. The summed E-state index contributed by atoms with van der Waals surface area (Å²) in [7, 11) is 1.61. The van der Waals surface area contributed by atoms with Gasteiger partial charge in [0, 0.05) is 22.4 Å². The molecule has 0 atom stereocenters. The van der Waals surface area contributed by atoms with Gasteiger partial charge < -0.3 is 4.74 Å². The highest BCUT2D eigenvalue weighted by Gasteiger charge is 2.17. The summed E-state index contributed by atoms with van der Waals surface area (Å²) in [6.07, 6.45) is 1.54. The number of nitrogens with zero attached hydrogens (tertiary/aromatic N) is 7. The molecule has 0 bridgehead atoms. The molecule has 0 aliphatic heterocycles. The van der Waals surface area contributed by atoms with Crippen LogP contribution in [0, 0.1) is 6.92 Å². The maximum atomic E-state index is 12.9. The van der Waals surface area contributed by atoms with Crippen LogP contribution < -0.4 is 10.2 Å². The molecule has 2 aromatic carbocycles. The molecule has 0 saturated carbocycles. The number of rotatable bonds is 5. The van der Waals surface area contributed by atoms with Gasteiger partial charge in [0.25, 0.3) is 5.91 Å². The molecule has 0 spiro atoms. The first-order chi connectivity index (χ1) is 17.1. The molecule has 0 fully saturated rings. The van der Waals surface area contributed by atoms with Crippen LogP contribution in [0.25, 0.3) is 32.5 Å². The van der Waals surface area contributed by atoms with Crippen molar-refractivity contribution in [2.24, 2.45) is 5.10 Å². The lowest BCUT2D eigenvalue weighted by Gasteiger charge is -2.05. The van der Waals surface area contributed by atoms with Crippen LogP contribution >= 0.6 is 11.3 Å². The molecular formula is C24H18N8O2S. The number of carbonyl (C=O) groups excluding carboxylic acids is 1. The van der Waals surface area contributed by atoms with Crippen LogP contribution in [0.3, 0.4) is 0 Å². The number of thiophene rings is 1. The lowest BCUT2D eigenvalue weighted by molar-refractivity contribution is 0.0959. The van der Waals surface area contributed by atoms with Crippen molar-refractivity contribution in [3.8, 4) is 11.4 Å². The number of hydrogen-bond acceptors (Lipinski definition) is 8. The number of hydrazone groups is 1. The van der Waals surface area contributed by atoms with Crippen molar-refractivity contribution < 1.29 is 9.53 Å². The fourth-order valence-corrected chi connectivity index (χ4v) is 5.00. The first kappa shape index (κ1) is 20.9. The lowest BCUT2D eigenvalue weighted by Crippen LogP contribution is -2.16. The molecule has 1 N–H and O–H groups in total. The van der Waals surface area contributed by atoms with Crippen molar-refractivity contribution in [1.82, 2.24) is 35.2 Å². The minimum absolute atomic E-state index is 0.303. The van der Waals surface area contributed by atoms with Gasteiger partial charge in [-0.25, -0.2) is 10.1 Å². The minimum Gasteiger partial charge on any atom is -0.497 e. The molecule has 35 heavy (non-hydrogen) atoms. The van der Waals surface area contributed by atoms with Crippen molar-refractivity contribution in [1.29, 1.82) is 0 Å². The number of pyridine rings is 1.